The minimum Gasteiger partial charge on any atom is -0.497 e. The van der Waals surface area contributed by atoms with Gasteiger partial charge in [0.2, 0.25) is 23.8 Å². The Kier molecular flexibility index (Phi) is 18.2. The SMILES string of the molecule is CCNC(=O)C(NC(=O)[C@H](C)NCC(CC(C)C)NC(=O)[C@@H](NC(=O)C([NH+]=C(O)C1=CCOC=C1)[C@@H](C)CC)C(C)CC)C(C)C. The quantitative estimate of drug-likeness (QED) is 0.0768. The number of ether oxygens (including phenoxy) is 1. The van der Waals surface area contributed by atoms with Crippen LogP contribution in [0.4, 0.5) is 0 Å². The van der Waals surface area contributed by atoms with Crippen molar-refractivity contribution in [3.05, 3.63) is 24.0 Å². The van der Waals surface area contributed by atoms with Crippen molar-refractivity contribution < 1.29 is 34.0 Å². The van der Waals surface area contributed by atoms with E-state index < -0.39 is 24.2 Å². The Morgan fingerprint density at radius 1 is 0.848 bits per heavy atom. The smallest absolute Gasteiger partial charge is 0.366 e. The van der Waals surface area contributed by atoms with E-state index in [9.17, 15) is 24.3 Å². The topological polar surface area (TPSA) is 172 Å². The summed E-state index contributed by atoms with van der Waals surface area (Å²) in [5, 5.41) is 25.6. The van der Waals surface area contributed by atoms with Crippen LogP contribution < -0.4 is 31.6 Å². The van der Waals surface area contributed by atoms with Crippen LogP contribution >= 0.6 is 0 Å². The molecule has 0 aromatic heterocycles. The Balaban J connectivity index is 3.07. The first-order valence-electron chi connectivity index (χ1n) is 16.9. The minimum atomic E-state index is -0.811. The fourth-order valence-corrected chi connectivity index (χ4v) is 5.00. The van der Waals surface area contributed by atoms with E-state index in [0.29, 0.717) is 44.5 Å². The van der Waals surface area contributed by atoms with Gasteiger partial charge in [0.05, 0.1) is 17.9 Å². The van der Waals surface area contributed by atoms with Gasteiger partial charge in [0.25, 0.3) is 5.91 Å². The van der Waals surface area contributed by atoms with E-state index in [1.165, 1.54) is 6.26 Å². The van der Waals surface area contributed by atoms with E-state index in [-0.39, 0.29) is 59.2 Å². The third-order valence-corrected chi connectivity index (χ3v) is 8.36. The van der Waals surface area contributed by atoms with Crippen LogP contribution in [0.5, 0.6) is 0 Å². The Hall–Kier alpha value is -3.41. The summed E-state index contributed by atoms with van der Waals surface area (Å²) in [6.07, 6.45) is 6.79. The van der Waals surface area contributed by atoms with E-state index in [4.69, 9.17) is 4.74 Å². The minimum absolute atomic E-state index is 0.0869. The number of hydrogen-bond acceptors (Lipinski definition) is 6. The van der Waals surface area contributed by atoms with E-state index in [1.807, 2.05) is 48.5 Å². The molecule has 4 amide bonds. The molecule has 0 fully saturated rings. The summed E-state index contributed by atoms with van der Waals surface area (Å²) < 4.78 is 5.15. The van der Waals surface area contributed by atoms with E-state index in [0.717, 1.165) is 0 Å². The molecule has 0 aromatic carbocycles. The molecule has 1 heterocycles. The summed E-state index contributed by atoms with van der Waals surface area (Å²) >= 11 is 0. The van der Waals surface area contributed by atoms with Crippen molar-refractivity contribution in [2.45, 2.75) is 119 Å². The maximum atomic E-state index is 13.8. The predicted molar refractivity (Wildman–Crippen MR) is 181 cm³/mol. The zero-order chi connectivity index (χ0) is 35.0. The highest BCUT2D eigenvalue weighted by Gasteiger charge is 2.36. The maximum absolute atomic E-state index is 13.8. The van der Waals surface area contributed by atoms with Crippen molar-refractivity contribution in [1.29, 1.82) is 0 Å². The standard InChI is InChI=1S/C34H60N6O6/c1-11-22(8)28(40-34(45)29(23(9)12-2)39-31(42)25-14-16-46-17-15-25)33(44)37-26(18-20(4)5)19-36-24(10)30(41)38-27(21(6)7)32(43)35-13-3/h14-16,20-24,26-29,36H,11-13,17-19H2,1-10H3,(H,35,43)(H,37,44)(H,38,41)(H,39,42)(H,40,45)/p+1/t22?,23-,24-,26?,27?,28-,29?/m0/s1. The van der Waals surface area contributed by atoms with Crippen LogP contribution in [0.3, 0.4) is 0 Å². The van der Waals surface area contributed by atoms with Gasteiger partial charge in [0.15, 0.2) is 0 Å². The highest BCUT2D eigenvalue weighted by atomic mass is 16.5. The zero-order valence-electron chi connectivity index (χ0n) is 29.7. The highest BCUT2D eigenvalue weighted by molar-refractivity contribution is 5.93. The average molecular weight is 650 g/mol. The Morgan fingerprint density at radius 3 is 2.00 bits per heavy atom. The molecule has 46 heavy (non-hydrogen) atoms. The number of rotatable bonds is 20. The molecule has 7 N–H and O–H groups in total. The van der Waals surface area contributed by atoms with Gasteiger partial charge in [-0.2, -0.15) is 4.99 Å². The molecule has 262 valence electrons. The van der Waals surface area contributed by atoms with Crippen molar-refractivity contribution in [2.24, 2.45) is 23.7 Å². The molecule has 0 radical (unpaired) electrons. The number of likely N-dealkylation sites (N-methyl/N-ethyl adjacent to an activating group) is 1. The van der Waals surface area contributed by atoms with Gasteiger partial charge in [-0.3, -0.25) is 19.2 Å². The molecule has 0 aromatic rings. The zero-order valence-corrected chi connectivity index (χ0v) is 29.7. The fraction of sp³-hybridized carbons (Fsp3) is 0.735. The fourth-order valence-electron chi connectivity index (χ4n) is 5.00. The molecule has 0 saturated carbocycles. The van der Waals surface area contributed by atoms with Crippen molar-refractivity contribution in [3.8, 4) is 0 Å². The Labute approximate surface area is 276 Å². The molecule has 1 rings (SSSR count). The lowest BCUT2D eigenvalue weighted by molar-refractivity contribution is -0.504. The van der Waals surface area contributed by atoms with E-state index in [1.54, 1.807) is 19.1 Å². The Bertz CT molecular complexity index is 1090. The van der Waals surface area contributed by atoms with E-state index in [2.05, 4.69) is 45.4 Å². The van der Waals surface area contributed by atoms with Crippen LogP contribution in [-0.2, 0) is 23.9 Å². The summed E-state index contributed by atoms with van der Waals surface area (Å²) in [6, 6.07) is -3.17. The number of nitrogens with one attached hydrogen (secondary N) is 6. The molecule has 0 saturated heterocycles. The van der Waals surface area contributed by atoms with Crippen molar-refractivity contribution >= 4 is 29.5 Å². The molecule has 12 heteroatoms. The molecule has 0 spiro atoms. The van der Waals surface area contributed by atoms with Gasteiger partial charge in [-0.05, 0) is 56.6 Å². The van der Waals surface area contributed by atoms with Gasteiger partial charge in [0.1, 0.15) is 18.7 Å². The second kappa shape index (κ2) is 20.7. The van der Waals surface area contributed by atoms with Gasteiger partial charge in [-0.15, -0.1) is 0 Å². The van der Waals surface area contributed by atoms with Gasteiger partial charge in [0, 0.05) is 25.0 Å². The van der Waals surface area contributed by atoms with Crippen LogP contribution in [0.15, 0.2) is 24.0 Å². The van der Waals surface area contributed by atoms with Crippen LogP contribution in [0, 0.1) is 23.7 Å². The Morgan fingerprint density at radius 2 is 1.48 bits per heavy atom. The average Bonchev–Trinajstić information content (AvgIpc) is 3.02. The van der Waals surface area contributed by atoms with Crippen molar-refractivity contribution in [1.82, 2.24) is 26.6 Å². The van der Waals surface area contributed by atoms with Crippen LogP contribution in [0.2, 0.25) is 0 Å². The molecular weight excluding hydrogens is 588 g/mol. The summed E-state index contributed by atoms with van der Waals surface area (Å²) in [7, 11) is 0. The summed E-state index contributed by atoms with van der Waals surface area (Å²) in [5.41, 5.74) is 0.527. The molecule has 0 aliphatic carbocycles. The van der Waals surface area contributed by atoms with Crippen LogP contribution in [-0.4, -0.2) is 84.5 Å². The largest absolute Gasteiger partial charge is 0.497 e. The normalized spacial score (nSPS) is 17.9. The maximum Gasteiger partial charge on any atom is 0.366 e. The van der Waals surface area contributed by atoms with E-state index >= 15 is 0 Å². The van der Waals surface area contributed by atoms with Gasteiger partial charge in [-0.25, -0.2) is 0 Å². The molecule has 0 bridgehead atoms. The van der Waals surface area contributed by atoms with Gasteiger partial charge >= 0.3 is 5.90 Å². The number of carbonyl (C=O) groups excluding carboxylic acids is 4. The van der Waals surface area contributed by atoms with Crippen LogP contribution in [0.1, 0.15) is 88.5 Å². The molecule has 1 aliphatic rings. The lowest BCUT2D eigenvalue weighted by Gasteiger charge is -2.29. The van der Waals surface area contributed by atoms with Crippen LogP contribution in [0.25, 0.3) is 0 Å². The lowest BCUT2D eigenvalue weighted by Crippen LogP contribution is -2.85. The first-order chi connectivity index (χ1) is 21.7. The summed E-state index contributed by atoms with van der Waals surface area (Å²) in [6.45, 7) is 20.3. The summed E-state index contributed by atoms with van der Waals surface area (Å²) in [4.78, 5) is 55.8. The second-order valence-electron chi connectivity index (χ2n) is 13.1. The van der Waals surface area contributed by atoms with Gasteiger partial charge in [-0.1, -0.05) is 61.8 Å². The molecular formula is C34H61N6O6+. The first kappa shape index (κ1) is 40.6. The first-order valence-corrected chi connectivity index (χ1v) is 16.9. The predicted octanol–water partition coefficient (Wildman–Crippen LogP) is 1.23. The number of aliphatic hydroxyl groups is 1. The molecule has 4 unspecified atom stereocenters. The highest BCUT2D eigenvalue weighted by Crippen LogP contribution is 2.13. The van der Waals surface area contributed by atoms with Gasteiger partial charge < -0.3 is 36.4 Å². The number of hydrogen-bond donors (Lipinski definition) is 7. The molecule has 12 nitrogen and oxygen atoms in total. The number of amides is 4. The summed E-state index contributed by atoms with van der Waals surface area (Å²) in [5.74, 6) is -1.49. The number of carbonyl (C=O) groups is 4. The van der Waals surface area contributed by atoms with Crippen molar-refractivity contribution in [3.63, 3.8) is 0 Å². The van der Waals surface area contributed by atoms with Crippen molar-refractivity contribution in [2.75, 3.05) is 19.7 Å². The monoisotopic (exact) mass is 649 g/mol. The second-order valence-corrected chi connectivity index (χ2v) is 13.1. The third kappa shape index (κ3) is 13.5. The third-order valence-electron chi connectivity index (χ3n) is 8.36. The number of aliphatic hydroxyl groups excluding tert-OH is 1. The lowest BCUT2D eigenvalue weighted by atomic mass is 9.94. The molecule has 1 aliphatic heterocycles. The molecule has 7 atom stereocenters.